The summed E-state index contributed by atoms with van der Waals surface area (Å²) in [5.41, 5.74) is 2.34. The van der Waals surface area contributed by atoms with Gasteiger partial charge in [-0.25, -0.2) is 19.9 Å². The SMILES string of the molecule is CCNCC(C=N)=Nc1ccc(Cc2c[nH]c3ncnc(OC)c23)c(F)n1. The number of aliphatic imine (C=N–C) groups is 1. The normalized spacial score (nSPS) is 11.7. The van der Waals surface area contributed by atoms with Crippen LogP contribution in [0.15, 0.2) is 29.6 Å². The first-order valence-electron chi connectivity index (χ1n) is 8.45. The third-order valence-corrected chi connectivity index (χ3v) is 3.98. The highest BCUT2D eigenvalue weighted by molar-refractivity contribution is 6.31. The second kappa shape index (κ2) is 8.45. The average Bonchev–Trinajstić information content (AvgIpc) is 3.10. The van der Waals surface area contributed by atoms with Gasteiger partial charge in [0.25, 0.3) is 0 Å². The molecular weight excluding hydrogens is 349 g/mol. The summed E-state index contributed by atoms with van der Waals surface area (Å²) >= 11 is 0. The minimum Gasteiger partial charge on any atom is -0.480 e. The van der Waals surface area contributed by atoms with Crippen molar-refractivity contribution in [2.75, 3.05) is 20.2 Å². The number of hydrogen-bond donors (Lipinski definition) is 3. The highest BCUT2D eigenvalue weighted by atomic mass is 19.1. The van der Waals surface area contributed by atoms with E-state index in [0.29, 0.717) is 35.8 Å². The summed E-state index contributed by atoms with van der Waals surface area (Å²) in [5, 5.41) is 11.2. The van der Waals surface area contributed by atoms with Crippen LogP contribution in [-0.4, -0.2) is 52.1 Å². The maximum absolute atomic E-state index is 14.5. The molecule has 0 aromatic carbocycles. The van der Waals surface area contributed by atoms with Gasteiger partial charge in [-0.15, -0.1) is 0 Å². The quantitative estimate of drug-likeness (QED) is 0.417. The van der Waals surface area contributed by atoms with Gasteiger partial charge in [0, 0.05) is 30.9 Å². The lowest BCUT2D eigenvalue weighted by atomic mass is 10.1. The van der Waals surface area contributed by atoms with Gasteiger partial charge in [-0.2, -0.15) is 4.39 Å². The molecule has 140 valence electrons. The third kappa shape index (κ3) is 4.14. The number of hydrogen-bond acceptors (Lipinski definition) is 7. The number of aromatic nitrogens is 4. The number of H-pyrrole nitrogens is 1. The van der Waals surface area contributed by atoms with Crippen molar-refractivity contribution in [3.05, 3.63) is 41.7 Å². The molecule has 0 aliphatic heterocycles. The van der Waals surface area contributed by atoms with E-state index in [0.717, 1.165) is 23.7 Å². The van der Waals surface area contributed by atoms with Gasteiger partial charge in [-0.05, 0) is 18.2 Å². The Morgan fingerprint density at radius 2 is 2.22 bits per heavy atom. The summed E-state index contributed by atoms with van der Waals surface area (Å²) in [7, 11) is 1.53. The molecule has 3 heterocycles. The largest absolute Gasteiger partial charge is 0.480 e. The van der Waals surface area contributed by atoms with Crippen molar-refractivity contribution in [3.8, 4) is 5.88 Å². The monoisotopic (exact) mass is 369 g/mol. The smallest absolute Gasteiger partial charge is 0.226 e. The van der Waals surface area contributed by atoms with Crippen LogP contribution in [0.2, 0.25) is 0 Å². The number of pyridine rings is 1. The van der Waals surface area contributed by atoms with E-state index in [-0.39, 0.29) is 5.82 Å². The topological polar surface area (TPSA) is 112 Å². The lowest BCUT2D eigenvalue weighted by Crippen LogP contribution is -2.23. The lowest BCUT2D eigenvalue weighted by Gasteiger charge is -2.06. The number of ether oxygens (including phenoxy) is 1. The Bertz CT molecular complexity index is 983. The van der Waals surface area contributed by atoms with Gasteiger partial charge in [0.15, 0.2) is 5.82 Å². The molecule has 0 amide bonds. The van der Waals surface area contributed by atoms with Crippen LogP contribution < -0.4 is 10.1 Å². The van der Waals surface area contributed by atoms with Gasteiger partial charge >= 0.3 is 0 Å². The number of nitrogens with one attached hydrogen (secondary N) is 3. The van der Waals surface area contributed by atoms with Crippen molar-refractivity contribution in [2.45, 2.75) is 13.3 Å². The number of methoxy groups -OCH3 is 1. The van der Waals surface area contributed by atoms with E-state index in [2.05, 4.69) is 30.2 Å². The van der Waals surface area contributed by atoms with Crippen LogP contribution in [0.5, 0.6) is 5.88 Å². The first-order valence-corrected chi connectivity index (χ1v) is 8.45. The predicted octanol–water partition coefficient (Wildman–Crippen LogP) is 2.42. The van der Waals surface area contributed by atoms with Crippen molar-refractivity contribution >= 4 is 28.8 Å². The molecule has 8 nitrogen and oxygen atoms in total. The van der Waals surface area contributed by atoms with Crippen LogP contribution in [0.4, 0.5) is 10.2 Å². The molecule has 0 bridgehead atoms. The van der Waals surface area contributed by atoms with Gasteiger partial charge in [0.2, 0.25) is 11.8 Å². The van der Waals surface area contributed by atoms with Crippen LogP contribution in [0.1, 0.15) is 18.1 Å². The second-order valence-electron chi connectivity index (χ2n) is 5.74. The van der Waals surface area contributed by atoms with Crippen molar-refractivity contribution in [2.24, 2.45) is 4.99 Å². The molecule has 0 radical (unpaired) electrons. The van der Waals surface area contributed by atoms with E-state index >= 15 is 0 Å². The van der Waals surface area contributed by atoms with Gasteiger partial charge in [0.05, 0.1) is 18.2 Å². The lowest BCUT2D eigenvalue weighted by molar-refractivity contribution is 0.402. The Hall–Kier alpha value is -3.20. The Labute approximate surface area is 155 Å². The molecule has 0 atom stereocenters. The Morgan fingerprint density at radius 1 is 1.37 bits per heavy atom. The van der Waals surface area contributed by atoms with Gasteiger partial charge in [-0.3, -0.25) is 0 Å². The molecule has 0 fully saturated rings. The summed E-state index contributed by atoms with van der Waals surface area (Å²) in [5.74, 6) is 0.0616. The summed E-state index contributed by atoms with van der Waals surface area (Å²) in [6, 6.07) is 3.28. The molecule has 27 heavy (non-hydrogen) atoms. The molecule has 0 aliphatic carbocycles. The molecule has 3 N–H and O–H groups in total. The molecule has 0 spiro atoms. The fourth-order valence-corrected chi connectivity index (χ4v) is 2.67. The molecule has 0 unspecified atom stereocenters. The van der Waals surface area contributed by atoms with Crippen molar-refractivity contribution in [1.29, 1.82) is 5.41 Å². The molecule has 3 rings (SSSR count). The summed E-state index contributed by atoms with van der Waals surface area (Å²) in [4.78, 5) is 19.4. The zero-order valence-corrected chi connectivity index (χ0v) is 15.1. The highest BCUT2D eigenvalue weighted by Gasteiger charge is 2.14. The summed E-state index contributed by atoms with van der Waals surface area (Å²) in [6.45, 7) is 3.14. The van der Waals surface area contributed by atoms with E-state index in [9.17, 15) is 4.39 Å². The van der Waals surface area contributed by atoms with Crippen molar-refractivity contribution in [3.63, 3.8) is 0 Å². The molecule has 0 saturated heterocycles. The first-order chi connectivity index (χ1) is 13.2. The Balaban J connectivity index is 1.87. The maximum atomic E-state index is 14.5. The number of aromatic amines is 1. The van der Waals surface area contributed by atoms with E-state index < -0.39 is 5.95 Å². The zero-order valence-electron chi connectivity index (χ0n) is 15.1. The van der Waals surface area contributed by atoms with Crippen molar-refractivity contribution < 1.29 is 9.13 Å². The average molecular weight is 369 g/mol. The summed E-state index contributed by atoms with van der Waals surface area (Å²) < 4.78 is 19.8. The van der Waals surface area contributed by atoms with E-state index in [1.165, 1.54) is 13.4 Å². The summed E-state index contributed by atoms with van der Waals surface area (Å²) in [6.07, 6.45) is 4.61. The van der Waals surface area contributed by atoms with Crippen LogP contribution in [0.25, 0.3) is 11.0 Å². The zero-order chi connectivity index (χ0) is 19.2. The van der Waals surface area contributed by atoms with Gasteiger partial charge in [-0.1, -0.05) is 13.0 Å². The predicted molar refractivity (Wildman–Crippen MR) is 102 cm³/mol. The first kappa shape index (κ1) is 18.6. The van der Waals surface area contributed by atoms with E-state index in [1.807, 2.05) is 6.92 Å². The van der Waals surface area contributed by atoms with Crippen LogP contribution in [0.3, 0.4) is 0 Å². The van der Waals surface area contributed by atoms with E-state index in [4.69, 9.17) is 10.1 Å². The highest BCUT2D eigenvalue weighted by Crippen LogP contribution is 2.27. The van der Waals surface area contributed by atoms with Crippen LogP contribution >= 0.6 is 0 Å². The molecule has 9 heteroatoms. The van der Waals surface area contributed by atoms with E-state index in [1.54, 1.807) is 18.3 Å². The molecule has 0 saturated carbocycles. The minimum absolute atomic E-state index is 0.229. The molecule has 3 aromatic heterocycles. The van der Waals surface area contributed by atoms with Crippen LogP contribution in [-0.2, 0) is 6.42 Å². The maximum Gasteiger partial charge on any atom is 0.226 e. The fourth-order valence-electron chi connectivity index (χ4n) is 2.67. The number of halogens is 1. The standard InChI is InChI=1S/C18H20FN7O/c1-3-21-9-13(7-20)25-14-5-4-11(16(19)26-14)6-12-8-22-17-15(12)18(27-2)24-10-23-17/h4-5,7-8,10,20-21H,3,6,9H2,1-2H3,(H,22,23,24). The van der Waals surface area contributed by atoms with Crippen molar-refractivity contribution in [1.82, 2.24) is 25.3 Å². The number of fused-ring (bicyclic) bond motifs is 1. The Kier molecular flexibility index (Phi) is 5.82. The van der Waals surface area contributed by atoms with Crippen LogP contribution in [0, 0.1) is 11.4 Å². The molecule has 0 aliphatic rings. The number of nitrogens with zero attached hydrogens (tertiary/aromatic N) is 4. The number of rotatable bonds is 8. The molecular formula is C18H20FN7O. The third-order valence-electron chi connectivity index (χ3n) is 3.98. The fraction of sp³-hybridized carbons (Fsp3) is 0.278. The van der Waals surface area contributed by atoms with Gasteiger partial charge < -0.3 is 20.4 Å². The minimum atomic E-state index is -0.603. The molecule has 3 aromatic rings. The Morgan fingerprint density at radius 3 is 2.93 bits per heavy atom. The second-order valence-corrected chi connectivity index (χ2v) is 5.74. The van der Waals surface area contributed by atoms with Gasteiger partial charge in [0.1, 0.15) is 12.0 Å².